The van der Waals surface area contributed by atoms with Crippen molar-refractivity contribution < 1.29 is 0 Å². The average Bonchev–Trinajstić information content (AvgIpc) is 3.13. The second-order valence-electron chi connectivity index (χ2n) is 7.27. The van der Waals surface area contributed by atoms with E-state index in [1.807, 2.05) is 11.3 Å². The van der Waals surface area contributed by atoms with E-state index < -0.39 is 0 Å². The van der Waals surface area contributed by atoms with E-state index in [1.54, 1.807) is 0 Å². The Kier molecular flexibility index (Phi) is 9.70. The van der Waals surface area contributed by atoms with E-state index in [0.717, 1.165) is 56.5 Å². The van der Waals surface area contributed by atoms with E-state index in [0.29, 0.717) is 6.04 Å². The molecule has 2 N–H and O–H groups in total. The van der Waals surface area contributed by atoms with Gasteiger partial charge in [0.15, 0.2) is 5.96 Å². The predicted octanol–water partition coefficient (Wildman–Crippen LogP) is 3.72. The van der Waals surface area contributed by atoms with Crippen molar-refractivity contribution in [3.63, 3.8) is 0 Å². The summed E-state index contributed by atoms with van der Waals surface area (Å²) in [6.45, 7) is 9.10. The molecule has 0 radical (unpaired) electrons. The van der Waals surface area contributed by atoms with Crippen LogP contribution in [-0.4, -0.2) is 39.9 Å². The van der Waals surface area contributed by atoms with Gasteiger partial charge in [-0.3, -0.25) is 4.99 Å². The second-order valence-corrected chi connectivity index (χ2v) is 8.64. The Labute approximate surface area is 189 Å². The maximum absolute atomic E-state index is 4.76. The molecule has 28 heavy (non-hydrogen) atoms. The number of guanidine groups is 1. The molecule has 0 saturated heterocycles. The highest BCUT2D eigenvalue weighted by atomic mass is 127. The zero-order chi connectivity index (χ0) is 19.1. The molecule has 6 nitrogen and oxygen atoms in total. The molecule has 0 fully saturated rings. The van der Waals surface area contributed by atoms with Crippen molar-refractivity contribution in [1.82, 2.24) is 25.4 Å². The number of fused-ring (bicyclic) bond motifs is 1. The van der Waals surface area contributed by atoms with Gasteiger partial charge in [-0.05, 0) is 45.7 Å². The van der Waals surface area contributed by atoms with Crippen LogP contribution < -0.4 is 10.6 Å². The molecule has 2 aromatic heterocycles. The maximum atomic E-state index is 4.76. The first-order valence-corrected chi connectivity index (χ1v) is 11.0. The SMILES string of the molecule is CCNC(=NCCc1nnc2n1CCCCC2)NC(C)Cc1ccc(C)s1.I. The summed E-state index contributed by atoms with van der Waals surface area (Å²) in [7, 11) is 0. The minimum absolute atomic E-state index is 0. The lowest BCUT2D eigenvalue weighted by molar-refractivity contribution is 0.603. The first-order chi connectivity index (χ1) is 13.2. The number of rotatable bonds is 7. The van der Waals surface area contributed by atoms with Crippen LogP contribution in [0.1, 0.15) is 54.5 Å². The monoisotopic (exact) mass is 516 g/mol. The van der Waals surface area contributed by atoms with Crippen molar-refractivity contribution in [1.29, 1.82) is 0 Å². The van der Waals surface area contributed by atoms with E-state index in [9.17, 15) is 0 Å². The standard InChI is InChI=1S/C20H32N6S.HI/c1-4-21-20(23-15(2)14-17-10-9-16(3)27-17)22-12-11-19-25-24-18-8-6-5-7-13-26(18)19;/h9-10,15H,4-8,11-14H2,1-3H3,(H2,21,22,23);1H. The summed E-state index contributed by atoms with van der Waals surface area (Å²) in [5, 5.41) is 15.7. The molecule has 0 spiro atoms. The molecule has 2 aromatic rings. The quantitative estimate of drug-likeness (QED) is 0.335. The number of aromatic nitrogens is 3. The molecule has 8 heteroatoms. The van der Waals surface area contributed by atoms with Gasteiger partial charge in [0.1, 0.15) is 11.6 Å². The average molecular weight is 516 g/mol. The Hall–Kier alpha value is -1.16. The molecule has 0 bridgehead atoms. The molecule has 3 heterocycles. The van der Waals surface area contributed by atoms with Crippen LogP contribution in [0.2, 0.25) is 0 Å². The Bertz CT molecular complexity index is 754. The van der Waals surface area contributed by atoms with E-state index >= 15 is 0 Å². The Balaban J connectivity index is 0.00000280. The number of aliphatic imine (C=N–C) groups is 1. The minimum atomic E-state index is 0. The molecule has 1 unspecified atom stereocenters. The predicted molar refractivity (Wildman–Crippen MR) is 128 cm³/mol. The van der Waals surface area contributed by atoms with Crippen molar-refractivity contribution in [2.75, 3.05) is 13.1 Å². The molecule has 0 aromatic carbocycles. The molecule has 1 aliphatic rings. The third kappa shape index (κ3) is 6.72. The van der Waals surface area contributed by atoms with Gasteiger partial charge < -0.3 is 15.2 Å². The van der Waals surface area contributed by atoms with Gasteiger partial charge in [-0.1, -0.05) is 6.42 Å². The number of hydrogen-bond acceptors (Lipinski definition) is 4. The number of aryl methyl sites for hydroxylation is 2. The Morgan fingerprint density at radius 1 is 1.29 bits per heavy atom. The van der Waals surface area contributed by atoms with E-state index in [1.165, 1.54) is 29.0 Å². The van der Waals surface area contributed by atoms with Gasteiger partial charge in [0.25, 0.3) is 0 Å². The number of hydrogen-bond donors (Lipinski definition) is 2. The third-order valence-corrected chi connectivity index (χ3v) is 5.85. The van der Waals surface area contributed by atoms with Crippen molar-refractivity contribution in [3.05, 3.63) is 33.5 Å². The van der Waals surface area contributed by atoms with Crippen LogP contribution in [0.15, 0.2) is 17.1 Å². The van der Waals surface area contributed by atoms with Crippen molar-refractivity contribution in [2.45, 2.75) is 71.9 Å². The zero-order valence-corrected chi connectivity index (χ0v) is 20.3. The molecule has 0 saturated carbocycles. The summed E-state index contributed by atoms with van der Waals surface area (Å²) in [5.74, 6) is 3.11. The second kappa shape index (κ2) is 11.7. The third-order valence-electron chi connectivity index (χ3n) is 4.82. The van der Waals surface area contributed by atoms with Gasteiger partial charge >= 0.3 is 0 Å². The van der Waals surface area contributed by atoms with Crippen molar-refractivity contribution >= 4 is 41.3 Å². The molecular formula is C20H33IN6S. The van der Waals surface area contributed by atoms with E-state index in [-0.39, 0.29) is 24.0 Å². The smallest absolute Gasteiger partial charge is 0.191 e. The van der Waals surface area contributed by atoms with Crippen molar-refractivity contribution in [3.8, 4) is 0 Å². The number of halogens is 1. The van der Waals surface area contributed by atoms with Crippen LogP contribution in [0.3, 0.4) is 0 Å². The van der Waals surface area contributed by atoms with E-state index in [4.69, 9.17) is 4.99 Å². The first-order valence-electron chi connectivity index (χ1n) is 10.2. The number of nitrogens with one attached hydrogen (secondary N) is 2. The fraction of sp³-hybridized carbons (Fsp3) is 0.650. The summed E-state index contributed by atoms with van der Waals surface area (Å²) in [6, 6.07) is 4.75. The van der Waals surface area contributed by atoms with Crippen LogP contribution in [0, 0.1) is 6.92 Å². The van der Waals surface area contributed by atoms with Crippen LogP contribution in [0.25, 0.3) is 0 Å². The highest BCUT2D eigenvalue weighted by Gasteiger charge is 2.14. The molecule has 3 rings (SSSR count). The summed E-state index contributed by atoms with van der Waals surface area (Å²) in [6.07, 6.45) is 6.65. The highest BCUT2D eigenvalue weighted by Crippen LogP contribution is 2.17. The number of nitrogens with zero attached hydrogens (tertiary/aromatic N) is 4. The lowest BCUT2D eigenvalue weighted by atomic mass is 10.2. The van der Waals surface area contributed by atoms with Crippen LogP contribution in [0.5, 0.6) is 0 Å². The summed E-state index contributed by atoms with van der Waals surface area (Å²) in [4.78, 5) is 7.54. The molecule has 1 aliphatic heterocycles. The Morgan fingerprint density at radius 2 is 2.14 bits per heavy atom. The highest BCUT2D eigenvalue weighted by molar-refractivity contribution is 14.0. The molecule has 0 amide bonds. The van der Waals surface area contributed by atoms with Gasteiger partial charge in [-0.25, -0.2) is 0 Å². The summed E-state index contributed by atoms with van der Waals surface area (Å²) in [5.41, 5.74) is 0. The number of thiophene rings is 1. The molecule has 156 valence electrons. The van der Waals surface area contributed by atoms with Crippen molar-refractivity contribution in [2.24, 2.45) is 4.99 Å². The summed E-state index contributed by atoms with van der Waals surface area (Å²) >= 11 is 1.87. The van der Waals surface area contributed by atoms with Gasteiger partial charge in [-0.2, -0.15) is 0 Å². The van der Waals surface area contributed by atoms with Gasteiger partial charge in [0.05, 0.1) is 0 Å². The van der Waals surface area contributed by atoms with Crippen LogP contribution in [-0.2, 0) is 25.8 Å². The Morgan fingerprint density at radius 3 is 2.89 bits per heavy atom. The zero-order valence-electron chi connectivity index (χ0n) is 17.2. The lowest BCUT2D eigenvalue weighted by Gasteiger charge is -2.17. The fourth-order valence-electron chi connectivity index (χ4n) is 3.50. The normalized spacial score (nSPS) is 15.3. The molecule has 0 aliphatic carbocycles. The van der Waals surface area contributed by atoms with Gasteiger partial charge in [0.2, 0.25) is 0 Å². The molecular weight excluding hydrogens is 483 g/mol. The van der Waals surface area contributed by atoms with Crippen LogP contribution >= 0.6 is 35.3 Å². The largest absolute Gasteiger partial charge is 0.357 e. The van der Waals surface area contributed by atoms with E-state index in [2.05, 4.69) is 58.3 Å². The van der Waals surface area contributed by atoms with Crippen LogP contribution in [0.4, 0.5) is 0 Å². The molecule has 1 atom stereocenters. The lowest BCUT2D eigenvalue weighted by Crippen LogP contribution is -2.43. The van der Waals surface area contributed by atoms with Gasteiger partial charge in [0, 0.05) is 54.7 Å². The minimum Gasteiger partial charge on any atom is -0.357 e. The maximum Gasteiger partial charge on any atom is 0.191 e. The topological polar surface area (TPSA) is 67.1 Å². The fourth-order valence-corrected chi connectivity index (χ4v) is 4.52. The van der Waals surface area contributed by atoms with Gasteiger partial charge in [-0.15, -0.1) is 45.5 Å². The first kappa shape index (κ1) is 23.1. The summed E-state index contributed by atoms with van der Waals surface area (Å²) < 4.78 is 2.31.